The molecule has 7 nitrogen and oxygen atoms in total. The van der Waals surface area contributed by atoms with Crippen LogP contribution in [0.4, 0.5) is 5.69 Å². The Morgan fingerprint density at radius 3 is 2.00 bits per heavy atom. The third-order valence-corrected chi connectivity index (χ3v) is 4.21. The van der Waals surface area contributed by atoms with Gasteiger partial charge in [0.05, 0.1) is 4.90 Å². The molecule has 104 valence electrons. The molecule has 0 aromatic heterocycles. The van der Waals surface area contributed by atoms with Gasteiger partial charge < -0.3 is 5.73 Å². The summed E-state index contributed by atoms with van der Waals surface area (Å²) >= 11 is 0. The van der Waals surface area contributed by atoms with Gasteiger partial charge in [0.1, 0.15) is 4.90 Å². The maximum atomic E-state index is 11.3. The summed E-state index contributed by atoms with van der Waals surface area (Å²) < 4.78 is 62.8. The van der Waals surface area contributed by atoms with Crippen LogP contribution in [0.3, 0.4) is 0 Å². The van der Waals surface area contributed by atoms with Crippen molar-refractivity contribution >= 4 is 88.1 Å². The Kier molecular flexibility index (Phi) is 5.39. The molecule has 2 rings (SSSR count). The summed E-state index contributed by atoms with van der Waals surface area (Å²) in [5, 5.41) is 0.270. The van der Waals surface area contributed by atoms with Crippen LogP contribution < -0.4 is 5.73 Å². The van der Waals surface area contributed by atoms with E-state index in [4.69, 9.17) is 14.8 Å². The minimum atomic E-state index is -4.66. The standard InChI is InChI=1S/C10H9NO6S2.K.H/c11-7-2-1-6-3-8(18(12,13)14)5-10(9(6)4-7)19(15,16)17;;/h1-5H,11H2,(H,12,13,14)(H,15,16,17);;. The quantitative estimate of drug-likeness (QED) is 0.404. The summed E-state index contributed by atoms with van der Waals surface area (Å²) in [5.74, 6) is 0. The summed E-state index contributed by atoms with van der Waals surface area (Å²) in [6.45, 7) is 0. The molecule has 0 atom stereocenters. The maximum absolute atomic E-state index is 11.3. The molecular weight excluding hydrogens is 333 g/mol. The zero-order valence-electron chi connectivity index (χ0n) is 9.31. The Labute approximate surface area is 158 Å². The number of rotatable bonds is 2. The van der Waals surface area contributed by atoms with Gasteiger partial charge in [0.2, 0.25) is 0 Å². The predicted molar refractivity (Wildman–Crippen MR) is 75.1 cm³/mol. The van der Waals surface area contributed by atoms with Gasteiger partial charge in [0.15, 0.2) is 0 Å². The molecule has 0 radical (unpaired) electrons. The molecule has 0 aliphatic heterocycles. The Hall–Kier alpha value is -0.0436. The number of hydrogen-bond acceptors (Lipinski definition) is 5. The van der Waals surface area contributed by atoms with Crippen molar-refractivity contribution in [3.63, 3.8) is 0 Å². The molecule has 10 heteroatoms. The zero-order chi connectivity index (χ0) is 14.4. The predicted octanol–water partition coefficient (Wildman–Crippen LogP) is 0.267. The van der Waals surface area contributed by atoms with Crippen LogP contribution in [0.1, 0.15) is 0 Å². The van der Waals surface area contributed by atoms with Crippen LogP contribution in [0, 0.1) is 0 Å². The fourth-order valence-corrected chi connectivity index (χ4v) is 3.03. The van der Waals surface area contributed by atoms with E-state index in [2.05, 4.69) is 0 Å². The van der Waals surface area contributed by atoms with Gasteiger partial charge in [-0.3, -0.25) is 9.11 Å². The molecule has 2 aromatic carbocycles. The van der Waals surface area contributed by atoms with E-state index in [9.17, 15) is 16.8 Å². The fraction of sp³-hybridized carbons (Fsp3) is 0. The molecule has 4 N–H and O–H groups in total. The van der Waals surface area contributed by atoms with E-state index in [0.717, 1.165) is 6.07 Å². The van der Waals surface area contributed by atoms with Gasteiger partial charge in [-0.05, 0) is 29.7 Å². The first kappa shape index (κ1) is 18.0. The van der Waals surface area contributed by atoms with Crippen molar-refractivity contribution in [3.8, 4) is 0 Å². The summed E-state index contributed by atoms with van der Waals surface area (Å²) in [6, 6.07) is 5.86. The number of hydrogen-bond donors (Lipinski definition) is 3. The van der Waals surface area contributed by atoms with Gasteiger partial charge in [-0.25, -0.2) is 0 Å². The van der Waals surface area contributed by atoms with Crippen LogP contribution in [0.15, 0.2) is 40.1 Å². The molecule has 0 aliphatic carbocycles. The second-order valence-corrected chi connectivity index (χ2v) is 6.66. The van der Waals surface area contributed by atoms with Gasteiger partial charge in [-0.15, -0.1) is 0 Å². The van der Waals surface area contributed by atoms with E-state index in [-0.39, 0.29) is 67.8 Å². The van der Waals surface area contributed by atoms with Crippen molar-refractivity contribution in [3.05, 3.63) is 30.3 Å². The summed E-state index contributed by atoms with van der Waals surface area (Å²) in [7, 11) is -9.25. The second kappa shape index (κ2) is 5.99. The topological polar surface area (TPSA) is 135 Å². The van der Waals surface area contributed by atoms with Crippen molar-refractivity contribution in [2.24, 2.45) is 0 Å². The molecule has 0 spiro atoms. The first-order valence-electron chi connectivity index (χ1n) is 4.87. The van der Waals surface area contributed by atoms with Crippen molar-refractivity contribution in [1.29, 1.82) is 0 Å². The summed E-state index contributed by atoms with van der Waals surface area (Å²) in [6.07, 6.45) is 0. The molecule has 0 amide bonds. The van der Waals surface area contributed by atoms with Crippen LogP contribution >= 0.6 is 0 Å². The number of fused-ring (bicyclic) bond motifs is 1. The Balaban J connectivity index is 0.00000200. The van der Waals surface area contributed by atoms with Crippen molar-refractivity contribution < 1.29 is 25.9 Å². The molecule has 0 saturated carbocycles. The molecule has 0 bridgehead atoms. The van der Waals surface area contributed by atoms with E-state index in [1.807, 2.05) is 0 Å². The van der Waals surface area contributed by atoms with Crippen molar-refractivity contribution in [1.82, 2.24) is 0 Å². The second-order valence-electron chi connectivity index (χ2n) is 3.85. The fourth-order valence-electron chi connectivity index (χ4n) is 1.68. The Morgan fingerprint density at radius 1 is 0.900 bits per heavy atom. The summed E-state index contributed by atoms with van der Waals surface area (Å²) in [4.78, 5) is -1.26. The van der Waals surface area contributed by atoms with Gasteiger partial charge in [0.25, 0.3) is 20.2 Å². The monoisotopic (exact) mass is 343 g/mol. The number of benzene rings is 2. The third-order valence-electron chi connectivity index (χ3n) is 2.49. The molecule has 20 heavy (non-hydrogen) atoms. The van der Waals surface area contributed by atoms with E-state index in [0.29, 0.717) is 6.07 Å². The third kappa shape index (κ3) is 3.78. The Bertz CT molecular complexity index is 876. The SMILES string of the molecule is Nc1ccc2cc(S(=O)(=O)O)cc(S(=O)(=O)O)c2c1.[KH]. The molecule has 0 saturated heterocycles. The first-order valence-corrected chi connectivity index (χ1v) is 7.75. The Morgan fingerprint density at radius 2 is 1.50 bits per heavy atom. The van der Waals surface area contributed by atoms with Crippen molar-refractivity contribution in [2.45, 2.75) is 9.79 Å². The average Bonchev–Trinajstić information content (AvgIpc) is 2.24. The van der Waals surface area contributed by atoms with Crippen LogP contribution in [0.2, 0.25) is 0 Å². The van der Waals surface area contributed by atoms with Crippen LogP contribution in [0.25, 0.3) is 10.8 Å². The van der Waals surface area contributed by atoms with E-state index < -0.39 is 30.0 Å². The molecule has 0 unspecified atom stereocenters. The van der Waals surface area contributed by atoms with Crippen LogP contribution in [-0.2, 0) is 20.2 Å². The van der Waals surface area contributed by atoms with Crippen molar-refractivity contribution in [2.75, 3.05) is 5.73 Å². The first-order chi connectivity index (χ1) is 8.59. The molecule has 0 heterocycles. The van der Waals surface area contributed by atoms with Gasteiger partial charge >= 0.3 is 51.4 Å². The van der Waals surface area contributed by atoms with Gasteiger partial charge in [-0.1, -0.05) is 6.07 Å². The van der Waals surface area contributed by atoms with Gasteiger partial charge in [0, 0.05) is 11.1 Å². The minimum absolute atomic E-state index is 0. The van der Waals surface area contributed by atoms with Gasteiger partial charge in [-0.2, -0.15) is 16.8 Å². The van der Waals surface area contributed by atoms with Crippen LogP contribution in [0.5, 0.6) is 0 Å². The average molecular weight is 343 g/mol. The molecular formula is C10H10KNO6S2. The molecule has 0 fully saturated rings. The normalized spacial score (nSPS) is 12.1. The van der Waals surface area contributed by atoms with E-state index >= 15 is 0 Å². The van der Waals surface area contributed by atoms with E-state index in [1.54, 1.807) is 0 Å². The number of nitrogen functional groups attached to an aromatic ring is 1. The van der Waals surface area contributed by atoms with Crippen LogP contribution in [-0.4, -0.2) is 77.3 Å². The molecule has 0 aliphatic rings. The molecule has 2 aromatic rings. The summed E-state index contributed by atoms with van der Waals surface area (Å²) in [5.41, 5.74) is 5.76. The zero-order valence-corrected chi connectivity index (χ0v) is 10.9. The number of nitrogens with two attached hydrogens (primary N) is 1. The van der Waals surface area contributed by atoms with E-state index in [1.165, 1.54) is 18.2 Å². The number of anilines is 1.